The molecule has 7 heteroatoms. The third kappa shape index (κ3) is 4.01. The summed E-state index contributed by atoms with van der Waals surface area (Å²) in [6.45, 7) is 6.09. The van der Waals surface area contributed by atoms with E-state index in [9.17, 15) is 18.0 Å². The van der Waals surface area contributed by atoms with Gasteiger partial charge in [0, 0.05) is 12.5 Å². The zero-order chi connectivity index (χ0) is 18.2. The molecule has 2 atom stereocenters. The van der Waals surface area contributed by atoms with Crippen LogP contribution in [0.2, 0.25) is 0 Å². The fourth-order valence-electron chi connectivity index (χ4n) is 4.15. The third-order valence-corrected chi connectivity index (χ3v) is 5.87. The van der Waals surface area contributed by atoms with E-state index in [0.717, 1.165) is 44.5 Å². The van der Waals surface area contributed by atoms with Gasteiger partial charge in [0.2, 0.25) is 5.91 Å². The molecule has 26 heavy (non-hydrogen) atoms. The number of benzene rings is 1. The second kappa shape index (κ2) is 7.77. The smallest absolute Gasteiger partial charge is 0.336 e. The molecule has 1 saturated carbocycles. The van der Waals surface area contributed by atoms with Gasteiger partial charge in [0.1, 0.15) is 0 Å². The molecule has 1 saturated heterocycles. The number of hydrogen-bond acceptors (Lipinski definition) is 2. The van der Waals surface area contributed by atoms with Gasteiger partial charge in [-0.1, -0.05) is 12.1 Å². The van der Waals surface area contributed by atoms with Crippen LogP contribution in [0.1, 0.15) is 50.3 Å². The van der Waals surface area contributed by atoms with E-state index in [2.05, 4.69) is 5.32 Å². The fraction of sp³-hybridized carbons (Fsp3) is 0.632. The monoisotopic (exact) mass is 390 g/mol. The molecule has 146 valence electrons. The Morgan fingerprint density at radius 2 is 2.00 bits per heavy atom. The maximum atomic E-state index is 13.0. The van der Waals surface area contributed by atoms with Crippen molar-refractivity contribution in [2.75, 3.05) is 19.6 Å². The Morgan fingerprint density at radius 3 is 2.58 bits per heavy atom. The molecule has 2 unspecified atom stereocenters. The zero-order valence-corrected chi connectivity index (χ0v) is 15.9. The van der Waals surface area contributed by atoms with Crippen LogP contribution in [0, 0.1) is 11.3 Å². The Bertz CT molecular complexity index is 644. The highest BCUT2D eigenvalue weighted by Crippen LogP contribution is 2.59. The Hall–Kier alpha value is -1.27. The Balaban J connectivity index is 0.00000243. The number of hydrogen-bond donors (Lipinski definition) is 1. The highest BCUT2D eigenvalue weighted by molar-refractivity contribution is 5.85. The normalized spacial score (nSPS) is 22.4. The maximum Gasteiger partial charge on any atom is 0.416 e. The zero-order valence-electron chi connectivity index (χ0n) is 15.1. The number of rotatable bonds is 4. The van der Waals surface area contributed by atoms with Crippen molar-refractivity contribution in [2.24, 2.45) is 11.3 Å². The van der Waals surface area contributed by atoms with E-state index < -0.39 is 11.7 Å². The van der Waals surface area contributed by atoms with Gasteiger partial charge in [-0.2, -0.15) is 13.2 Å². The van der Waals surface area contributed by atoms with Crippen LogP contribution in [0.4, 0.5) is 13.2 Å². The molecule has 3 rings (SSSR count). The van der Waals surface area contributed by atoms with Crippen LogP contribution in [-0.2, 0) is 11.0 Å². The molecule has 1 aliphatic carbocycles. The molecule has 1 N–H and O–H groups in total. The quantitative estimate of drug-likeness (QED) is 0.825. The Kier molecular flexibility index (Phi) is 6.28. The summed E-state index contributed by atoms with van der Waals surface area (Å²) in [5, 5.41) is 3.32. The molecule has 1 aromatic rings. The molecule has 1 aromatic carbocycles. The van der Waals surface area contributed by atoms with Gasteiger partial charge >= 0.3 is 6.18 Å². The molecule has 1 amide bonds. The number of carbonyl (C=O) groups is 1. The van der Waals surface area contributed by atoms with Crippen molar-refractivity contribution in [3.63, 3.8) is 0 Å². The van der Waals surface area contributed by atoms with Crippen molar-refractivity contribution in [1.82, 2.24) is 10.2 Å². The summed E-state index contributed by atoms with van der Waals surface area (Å²) < 4.78 is 38.9. The molecule has 0 bridgehead atoms. The Labute approximate surface area is 158 Å². The van der Waals surface area contributed by atoms with E-state index >= 15 is 0 Å². The fourth-order valence-corrected chi connectivity index (χ4v) is 4.15. The summed E-state index contributed by atoms with van der Waals surface area (Å²) in [4.78, 5) is 14.7. The third-order valence-electron chi connectivity index (χ3n) is 5.87. The molecule has 2 aliphatic rings. The van der Waals surface area contributed by atoms with Gasteiger partial charge in [-0.3, -0.25) is 4.79 Å². The number of alkyl halides is 3. The van der Waals surface area contributed by atoms with Crippen LogP contribution >= 0.6 is 12.4 Å². The first-order valence-corrected chi connectivity index (χ1v) is 8.97. The van der Waals surface area contributed by atoms with Crippen LogP contribution in [-0.4, -0.2) is 30.4 Å². The van der Waals surface area contributed by atoms with Crippen molar-refractivity contribution < 1.29 is 18.0 Å². The molecule has 1 spiro atoms. The lowest BCUT2D eigenvalue weighted by Crippen LogP contribution is -2.38. The van der Waals surface area contributed by atoms with Gasteiger partial charge in [0.25, 0.3) is 0 Å². The highest BCUT2D eigenvalue weighted by Gasteiger charge is 2.58. The number of carbonyl (C=O) groups excluding carboxylic acids is 1. The SMILES string of the molecule is CCN(C(=O)C1CC12CCNCC2)C(C)c1cccc(C(F)(F)F)c1.Cl. The minimum Gasteiger partial charge on any atom is -0.336 e. The molecule has 2 fully saturated rings. The van der Waals surface area contributed by atoms with Gasteiger partial charge in [0.05, 0.1) is 11.6 Å². The largest absolute Gasteiger partial charge is 0.416 e. The van der Waals surface area contributed by atoms with Gasteiger partial charge in [-0.05, 0) is 69.3 Å². The van der Waals surface area contributed by atoms with Crippen molar-refractivity contribution in [1.29, 1.82) is 0 Å². The van der Waals surface area contributed by atoms with Gasteiger partial charge in [0.15, 0.2) is 0 Å². The topological polar surface area (TPSA) is 32.3 Å². The lowest BCUT2D eigenvalue weighted by Gasteiger charge is -2.31. The summed E-state index contributed by atoms with van der Waals surface area (Å²) in [6, 6.07) is 4.95. The maximum absolute atomic E-state index is 13.0. The second-order valence-corrected chi connectivity index (χ2v) is 7.29. The van der Waals surface area contributed by atoms with Crippen molar-refractivity contribution in [2.45, 2.75) is 45.3 Å². The molecular formula is C19H26ClF3N2O. The molecule has 1 aliphatic heterocycles. The predicted molar refractivity (Wildman–Crippen MR) is 97.1 cm³/mol. The summed E-state index contributed by atoms with van der Waals surface area (Å²) in [6.07, 6.45) is -1.43. The first kappa shape index (κ1) is 21.0. The molecule has 3 nitrogen and oxygen atoms in total. The summed E-state index contributed by atoms with van der Waals surface area (Å²) in [5.74, 6) is 0.122. The van der Waals surface area contributed by atoms with E-state index in [-0.39, 0.29) is 35.7 Å². The van der Waals surface area contributed by atoms with Crippen molar-refractivity contribution in [3.05, 3.63) is 35.4 Å². The number of nitrogens with one attached hydrogen (secondary N) is 1. The molecular weight excluding hydrogens is 365 g/mol. The van der Waals surface area contributed by atoms with Crippen LogP contribution in [0.3, 0.4) is 0 Å². The van der Waals surface area contributed by atoms with E-state index in [1.54, 1.807) is 11.0 Å². The van der Waals surface area contributed by atoms with E-state index in [1.807, 2.05) is 13.8 Å². The average molecular weight is 391 g/mol. The highest BCUT2D eigenvalue weighted by atomic mass is 35.5. The minimum absolute atomic E-state index is 0. The Morgan fingerprint density at radius 1 is 1.35 bits per heavy atom. The van der Waals surface area contributed by atoms with E-state index in [1.165, 1.54) is 6.07 Å². The van der Waals surface area contributed by atoms with E-state index in [0.29, 0.717) is 12.1 Å². The predicted octanol–water partition coefficient (Wildman–Crippen LogP) is 4.43. The number of amides is 1. The van der Waals surface area contributed by atoms with Crippen LogP contribution in [0.5, 0.6) is 0 Å². The standard InChI is InChI=1S/C19H25F3N2O.ClH/c1-3-24(17(25)16-12-18(16)7-9-23-10-8-18)13(2)14-5-4-6-15(11-14)19(20,21)22;/h4-6,11,13,16,23H,3,7-10,12H2,1-2H3;1H. The van der Waals surface area contributed by atoms with Gasteiger partial charge in [-0.15, -0.1) is 12.4 Å². The van der Waals surface area contributed by atoms with E-state index in [4.69, 9.17) is 0 Å². The van der Waals surface area contributed by atoms with Crippen LogP contribution in [0.15, 0.2) is 24.3 Å². The van der Waals surface area contributed by atoms with Crippen molar-refractivity contribution >= 4 is 18.3 Å². The summed E-state index contributed by atoms with van der Waals surface area (Å²) in [7, 11) is 0. The lowest BCUT2D eigenvalue weighted by molar-refractivity contribution is -0.137. The number of halogens is 4. The van der Waals surface area contributed by atoms with Crippen LogP contribution in [0.25, 0.3) is 0 Å². The van der Waals surface area contributed by atoms with Gasteiger partial charge < -0.3 is 10.2 Å². The molecule has 1 heterocycles. The van der Waals surface area contributed by atoms with Crippen molar-refractivity contribution in [3.8, 4) is 0 Å². The number of nitrogens with zero attached hydrogens (tertiary/aromatic N) is 1. The molecule has 0 radical (unpaired) electrons. The molecule has 0 aromatic heterocycles. The number of piperidine rings is 1. The average Bonchev–Trinajstić information content (AvgIpc) is 3.28. The second-order valence-electron chi connectivity index (χ2n) is 7.29. The van der Waals surface area contributed by atoms with Crippen LogP contribution < -0.4 is 5.32 Å². The summed E-state index contributed by atoms with van der Waals surface area (Å²) >= 11 is 0. The summed E-state index contributed by atoms with van der Waals surface area (Å²) in [5.41, 5.74) is -0.00448. The van der Waals surface area contributed by atoms with Gasteiger partial charge in [-0.25, -0.2) is 0 Å². The first-order chi connectivity index (χ1) is 11.8. The lowest BCUT2D eigenvalue weighted by atomic mass is 9.91. The minimum atomic E-state index is -4.37. The first-order valence-electron chi connectivity index (χ1n) is 8.97.